The Morgan fingerprint density at radius 2 is 1.62 bits per heavy atom. The fourth-order valence-electron chi connectivity index (χ4n) is 4.66. The summed E-state index contributed by atoms with van der Waals surface area (Å²) < 4.78 is 24.9. The Bertz CT molecular complexity index is 1590. The van der Waals surface area contributed by atoms with Gasteiger partial charge >= 0.3 is 0 Å². The predicted octanol–water partition coefficient (Wildman–Crippen LogP) is 2.61. The lowest BCUT2D eigenvalue weighted by Crippen LogP contribution is -2.47. The molecule has 11 heteroatoms. The molecule has 0 bridgehead atoms. The van der Waals surface area contributed by atoms with Gasteiger partial charge in [0.15, 0.2) is 5.82 Å². The van der Waals surface area contributed by atoms with Crippen molar-refractivity contribution in [3.8, 4) is 11.1 Å². The van der Waals surface area contributed by atoms with E-state index in [1.165, 1.54) is 12.1 Å². The molecule has 37 heavy (non-hydrogen) atoms. The first-order chi connectivity index (χ1) is 18.3. The number of nitrogens with two attached hydrogens (primary N) is 1. The number of rotatable bonds is 5. The van der Waals surface area contributed by atoms with Crippen LogP contribution in [-0.2, 0) is 12.6 Å². The van der Waals surface area contributed by atoms with Crippen molar-refractivity contribution in [2.24, 2.45) is 12.8 Å². The zero-order valence-electron chi connectivity index (χ0n) is 21.6. The van der Waals surface area contributed by atoms with Crippen LogP contribution in [-0.4, -0.2) is 60.5 Å². The number of piperazine rings is 1. The van der Waals surface area contributed by atoms with Crippen molar-refractivity contribution in [1.29, 1.82) is 0 Å². The maximum absolute atomic E-state index is 13.3. The number of halogens is 1. The van der Waals surface area contributed by atoms with Crippen LogP contribution < -0.4 is 15.5 Å². The third-order valence-electron chi connectivity index (χ3n) is 6.88. The van der Waals surface area contributed by atoms with Crippen molar-refractivity contribution in [3.05, 3.63) is 84.6 Å². The lowest BCUT2D eigenvalue weighted by Gasteiger charge is -2.35. The average molecular weight is 500 g/mol. The standard InChI is InChI=1S/C26H27FN10/c1-26(28,20-3-5-22(27)6-4-20)21-13-29-25(30-14-21)36-9-7-35(8-10-36)24-23-11-18(16-37(23)33-17-31-24)19-12-32-34(2)15-19/h3-6,11-17H,7-10,28H2,1-2H3/i12D. The van der Waals surface area contributed by atoms with Gasteiger partial charge in [0.05, 0.1) is 13.1 Å². The number of nitrogens with zero attached hydrogens (tertiary/aromatic N) is 9. The van der Waals surface area contributed by atoms with Crippen LogP contribution >= 0.6 is 0 Å². The van der Waals surface area contributed by atoms with Crippen LogP contribution in [0.25, 0.3) is 16.6 Å². The summed E-state index contributed by atoms with van der Waals surface area (Å²) in [4.78, 5) is 18.1. The zero-order valence-corrected chi connectivity index (χ0v) is 20.6. The number of aryl methyl sites for hydroxylation is 1. The van der Waals surface area contributed by atoms with Crippen molar-refractivity contribution in [3.63, 3.8) is 0 Å². The second kappa shape index (κ2) is 8.93. The van der Waals surface area contributed by atoms with Crippen LogP contribution in [0.2, 0.25) is 0 Å². The SMILES string of the molecule is [2H]c1nn(C)cc1-c1cc2c(N3CCN(c4ncc(C(C)(N)c5ccc(F)cc5)cn4)CC3)ncnn2c1. The number of hydrogen-bond acceptors (Lipinski definition) is 8. The van der Waals surface area contributed by atoms with E-state index in [0.29, 0.717) is 5.95 Å². The van der Waals surface area contributed by atoms with Crippen molar-refractivity contribution in [1.82, 2.24) is 34.3 Å². The van der Waals surface area contributed by atoms with Crippen molar-refractivity contribution in [2.75, 3.05) is 36.0 Å². The first-order valence-corrected chi connectivity index (χ1v) is 12.0. The Hall–Kier alpha value is -4.38. The van der Waals surface area contributed by atoms with E-state index in [9.17, 15) is 4.39 Å². The van der Waals surface area contributed by atoms with Gasteiger partial charge in [-0.2, -0.15) is 10.2 Å². The highest BCUT2D eigenvalue weighted by molar-refractivity contribution is 5.77. The molecule has 0 saturated carbocycles. The molecule has 0 aliphatic carbocycles. The van der Waals surface area contributed by atoms with Crippen molar-refractivity contribution >= 4 is 17.3 Å². The van der Waals surface area contributed by atoms with E-state index >= 15 is 0 Å². The number of fused-ring (bicyclic) bond motifs is 1. The molecule has 1 atom stereocenters. The normalized spacial score (nSPS) is 16.2. The van der Waals surface area contributed by atoms with Crippen LogP contribution in [0.1, 0.15) is 19.4 Å². The lowest BCUT2D eigenvalue weighted by atomic mass is 9.87. The first-order valence-electron chi connectivity index (χ1n) is 12.5. The molecule has 1 fully saturated rings. The van der Waals surface area contributed by atoms with Gasteiger partial charge in [0.25, 0.3) is 0 Å². The highest BCUT2D eigenvalue weighted by atomic mass is 19.1. The quantitative estimate of drug-likeness (QED) is 0.393. The molecular formula is C26H27FN10. The zero-order chi connectivity index (χ0) is 26.4. The molecule has 0 amide bonds. The molecule has 4 aromatic heterocycles. The summed E-state index contributed by atoms with van der Waals surface area (Å²) in [6, 6.07) is 8.18. The topological polar surface area (TPSA) is 106 Å². The Morgan fingerprint density at radius 1 is 0.919 bits per heavy atom. The van der Waals surface area contributed by atoms with E-state index in [1.54, 1.807) is 47.1 Å². The van der Waals surface area contributed by atoms with Crippen LogP contribution in [0.15, 0.2) is 67.6 Å². The van der Waals surface area contributed by atoms with Crippen molar-refractivity contribution in [2.45, 2.75) is 12.5 Å². The summed E-state index contributed by atoms with van der Waals surface area (Å²) in [5.74, 6) is 1.18. The summed E-state index contributed by atoms with van der Waals surface area (Å²) in [5, 5.41) is 8.50. The molecule has 0 spiro atoms. The predicted molar refractivity (Wildman–Crippen MR) is 139 cm³/mol. The summed E-state index contributed by atoms with van der Waals surface area (Å²) in [5.41, 5.74) is 9.78. The third kappa shape index (κ3) is 4.27. The molecule has 10 nitrogen and oxygen atoms in total. The molecule has 2 N–H and O–H groups in total. The highest BCUT2D eigenvalue weighted by Gasteiger charge is 2.26. The Balaban J connectivity index is 1.17. The van der Waals surface area contributed by atoms with E-state index in [2.05, 4.69) is 34.9 Å². The summed E-state index contributed by atoms with van der Waals surface area (Å²) >= 11 is 0. The fourth-order valence-corrected chi connectivity index (χ4v) is 4.66. The Morgan fingerprint density at radius 3 is 2.30 bits per heavy atom. The fraction of sp³-hybridized carbons (Fsp3) is 0.269. The van der Waals surface area contributed by atoms with Gasteiger partial charge in [0.1, 0.15) is 17.7 Å². The van der Waals surface area contributed by atoms with Crippen LogP contribution in [0.5, 0.6) is 0 Å². The molecule has 6 rings (SSSR count). The van der Waals surface area contributed by atoms with E-state index in [-0.39, 0.29) is 12.0 Å². The average Bonchev–Trinajstić information content (AvgIpc) is 3.51. The van der Waals surface area contributed by atoms with Gasteiger partial charge in [-0.15, -0.1) is 0 Å². The van der Waals surface area contributed by atoms with Gasteiger partial charge < -0.3 is 15.5 Å². The molecule has 5 heterocycles. The molecule has 188 valence electrons. The maximum atomic E-state index is 13.3. The molecule has 1 aliphatic heterocycles. The number of benzene rings is 1. The lowest BCUT2D eigenvalue weighted by molar-refractivity contribution is 0.585. The van der Waals surface area contributed by atoms with Gasteiger partial charge in [-0.3, -0.25) is 4.68 Å². The molecule has 1 aliphatic rings. The minimum atomic E-state index is -0.837. The highest BCUT2D eigenvalue weighted by Crippen LogP contribution is 2.29. The van der Waals surface area contributed by atoms with Crippen LogP contribution in [0, 0.1) is 5.82 Å². The number of aromatic nitrogens is 7. The van der Waals surface area contributed by atoms with E-state index < -0.39 is 5.54 Å². The maximum Gasteiger partial charge on any atom is 0.225 e. The summed E-state index contributed by atoms with van der Waals surface area (Å²) in [7, 11) is 1.81. The van der Waals surface area contributed by atoms with Gasteiger partial charge in [0, 0.05) is 74.7 Å². The minimum absolute atomic E-state index is 0.227. The molecule has 1 unspecified atom stereocenters. The number of anilines is 2. The van der Waals surface area contributed by atoms with Gasteiger partial charge in [0.2, 0.25) is 5.95 Å². The van der Waals surface area contributed by atoms with Crippen molar-refractivity contribution < 1.29 is 5.76 Å². The monoisotopic (exact) mass is 499 g/mol. The molecule has 1 aromatic carbocycles. The molecule has 5 aromatic rings. The molecular weight excluding hydrogens is 471 g/mol. The summed E-state index contributed by atoms with van der Waals surface area (Å²) in [6.45, 7) is 4.78. The number of hydrogen-bond donors (Lipinski definition) is 1. The minimum Gasteiger partial charge on any atom is -0.351 e. The molecule has 1 saturated heterocycles. The smallest absolute Gasteiger partial charge is 0.225 e. The van der Waals surface area contributed by atoms with E-state index in [4.69, 9.17) is 7.10 Å². The largest absolute Gasteiger partial charge is 0.351 e. The van der Waals surface area contributed by atoms with Gasteiger partial charge in [-0.05, 0) is 30.7 Å². The van der Waals surface area contributed by atoms with Crippen LogP contribution in [0.4, 0.5) is 16.2 Å². The Kier molecular flexibility index (Phi) is 5.28. The van der Waals surface area contributed by atoms with Gasteiger partial charge in [-0.1, -0.05) is 12.1 Å². The second-order valence-electron chi connectivity index (χ2n) is 9.43. The van der Waals surface area contributed by atoms with Gasteiger partial charge in [-0.25, -0.2) is 23.9 Å². The Labute approximate surface area is 214 Å². The molecule has 0 radical (unpaired) electrons. The summed E-state index contributed by atoms with van der Waals surface area (Å²) in [6.07, 6.45) is 9.00. The van der Waals surface area contributed by atoms with E-state index in [0.717, 1.165) is 59.8 Å². The second-order valence-corrected chi connectivity index (χ2v) is 9.43. The first kappa shape index (κ1) is 21.9. The third-order valence-corrected chi connectivity index (χ3v) is 6.88. The van der Waals surface area contributed by atoms with E-state index in [1.807, 2.05) is 25.4 Å². The van der Waals surface area contributed by atoms with Crippen LogP contribution in [0.3, 0.4) is 0 Å².